The fourth-order valence-electron chi connectivity index (χ4n) is 3.58. The largest absolute Gasteiger partial charge is 0.353 e. The predicted octanol–water partition coefficient (Wildman–Crippen LogP) is 3.01. The Bertz CT molecular complexity index is 896. The Hall–Kier alpha value is -2.76. The number of piperazine rings is 1. The molecule has 1 saturated heterocycles. The van der Waals surface area contributed by atoms with E-state index in [1.54, 1.807) is 6.33 Å². The maximum Gasteiger partial charge on any atom is 0.140 e. The summed E-state index contributed by atoms with van der Waals surface area (Å²) in [4.78, 5) is 22.8. The van der Waals surface area contributed by atoms with Crippen LogP contribution in [0.25, 0.3) is 10.9 Å². The summed E-state index contributed by atoms with van der Waals surface area (Å²) in [6, 6.07) is 8.21. The summed E-state index contributed by atoms with van der Waals surface area (Å²) < 4.78 is 0. The van der Waals surface area contributed by atoms with Crippen LogP contribution < -0.4 is 9.80 Å². The van der Waals surface area contributed by atoms with Crippen LogP contribution in [0.2, 0.25) is 0 Å². The zero-order chi connectivity index (χ0) is 17.9. The lowest BCUT2D eigenvalue weighted by Crippen LogP contribution is -2.47. The third-order valence-corrected chi connectivity index (χ3v) is 4.88. The van der Waals surface area contributed by atoms with Gasteiger partial charge in [-0.15, -0.1) is 0 Å². The van der Waals surface area contributed by atoms with E-state index in [1.807, 2.05) is 31.3 Å². The summed E-state index contributed by atoms with van der Waals surface area (Å²) >= 11 is 0. The van der Waals surface area contributed by atoms with Gasteiger partial charge < -0.3 is 9.80 Å². The molecular formula is C20H24N6. The molecule has 0 unspecified atom stereocenters. The van der Waals surface area contributed by atoms with Crippen molar-refractivity contribution in [1.82, 2.24) is 19.9 Å². The average Bonchev–Trinajstić information content (AvgIpc) is 2.69. The summed E-state index contributed by atoms with van der Waals surface area (Å²) in [7, 11) is 0. The first-order chi connectivity index (χ1) is 12.8. The quantitative estimate of drug-likeness (QED) is 0.722. The van der Waals surface area contributed by atoms with Gasteiger partial charge in [-0.2, -0.15) is 0 Å². The molecule has 134 valence electrons. The Kier molecular flexibility index (Phi) is 4.65. The van der Waals surface area contributed by atoms with E-state index < -0.39 is 0 Å². The molecule has 0 radical (unpaired) electrons. The fraction of sp³-hybridized carbons (Fsp3) is 0.400. The van der Waals surface area contributed by atoms with Crippen molar-refractivity contribution in [1.29, 1.82) is 0 Å². The summed E-state index contributed by atoms with van der Waals surface area (Å²) in [6.07, 6.45) is 5.78. The van der Waals surface area contributed by atoms with E-state index >= 15 is 0 Å². The molecule has 1 aliphatic rings. The lowest BCUT2D eigenvalue weighted by atomic mass is 10.1. The molecule has 1 aliphatic heterocycles. The topological polar surface area (TPSA) is 58.0 Å². The molecule has 0 atom stereocenters. The molecule has 0 amide bonds. The third-order valence-electron chi connectivity index (χ3n) is 4.88. The minimum Gasteiger partial charge on any atom is -0.353 e. The highest BCUT2D eigenvalue weighted by molar-refractivity contribution is 5.89. The number of aryl methyl sites for hydroxylation is 2. The summed E-state index contributed by atoms with van der Waals surface area (Å²) in [5.41, 5.74) is 2.25. The summed E-state index contributed by atoms with van der Waals surface area (Å²) in [5.74, 6) is 2.97. The van der Waals surface area contributed by atoms with Crippen LogP contribution in [0.3, 0.4) is 0 Å². The zero-order valence-electron chi connectivity index (χ0n) is 15.4. The van der Waals surface area contributed by atoms with Crippen LogP contribution >= 0.6 is 0 Å². The predicted molar refractivity (Wildman–Crippen MR) is 105 cm³/mol. The molecule has 4 rings (SSSR count). The van der Waals surface area contributed by atoms with Gasteiger partial charge >= 0.3 is 0 Å². The molecule has 0 saturated carbocycles. The number of fused-ring (bicyclic) bond motifs is 1. The standard InChI is InChI=1S/C20H24N6/c1-3-6-16-13-21-15(2)24-19(16)25-9-11-26(12-10-25)20-17-7-4-5-8-18(17)22-14-23-20/h4-5,7-8,13-14H,3,6,9-12H2,1-2H3. The van der Waals surface area contributed by atoms with Gasteiger partial charge in [0, 0.05) is 43.3 Å². The molecule has 6 nitrogen and oxygen atoms in total. The van der Waals surface area contributed by atoms with Crippen molar-refractivity contribution in [2.45, 2.75) is 26.7 Å². The van der Waals surface area contributed by atoms with Gasteiger partial charge in [-0.3, -0.25) is 0 Å². The SMILES string of the molecule is CCCc1cnc(C)nc1N1CCN(c2ncnc3ccccc23)CC1. The maximum absolute atomic E-state index is 4.73. The van der Waals surface area contributed by atoms with Gasteiger partial charge in [0.25, 0.3) is 0 Å². The van der Waals surface area contributed by atoms with E-state index in [1.165, 1.54) is 5.56 Å². The van der Waals surface area contributed by atoms with Crippen molar-refractivity contribution >= 4 is 22.5 Å². The second kappa shape index (κ2) is 7.23. The average molecular weight is 348 g/mol. The van der Waals surface area contributed by atoms with Gasteiger partial charge in [0.2, 0.25) is 0 Å². The lowest BCUT2D eigenvalue weighted by Gasteiger charge is -2.37. The minimum atomic E-state index is 0.837. The lowest BCUT2D eigenvalue weighted by molar-refractivity contribution is 0.637. The van der Waals surface area contributed by atoms with Crippen LogP contribution in [-0.4, -0.2) is 46.1 Å². The van der Waals surface area contributed by atoms with Crippen LogP contribution in [0.15, 0.2) is 36.8 Å². The summed E-state index contributed by atoms with van der Waals surface area (Å²) in [6.45, 7) is 7.88. The monoisotopic (exact) mass is 348 g/mol. The van der Waals surface area contributed by atoms with E-state index in [4.69, 9.17) is 4.98 Å². The third kappa shape index (κ3) is 3.19. The molecule has 0 spiro atoms. The highest BCUT2D eigenvalue weighted by Gasteiger charge is 2.22. The highest BCUT2D eigenvalue weighted by Crippen LogP contribution is 2.26. The molecule has 1 aromatic carbocycles. The van der Waals surface area contributed by atoms with Crippen molar-refractivity contribution in [3.05, 3.63) is 48.2 Å². The molecule has 2 aromatic heterocycles. The molecule has 26 heavy (non-hydrogen) atoms. The van der Waals surface area contributed by atoms with Gasteiger partial charge in [0.15, 0.2) is 0 Å². The van der Waals surface area contributed by atoms with Crippen LogP contribution in [0.4, 0.5) is 11.6 Å². The molecule has 3 heterocycles. The maximum atomic E-state index is 4.73. The Morgan fingerprint density at radius 3 is 2.42 bits per heavy atom. The van der Waals surface area contributed by atoms with Gasteiger partial charge in [0.1, 0.15) is 23.8 Å². The fourth-order valence-corrected chi connectivity index (χ4v) is 3.58. The van der Waals surface area contributed by atoms with Crippen molar-refractivity contribution in [3.8, 4) is 0 Å². The molecule has 0 aliphatic carbocycles. The number of nitrogens with zero attached hydrogens (tertiary/aromatic N) is 6. The van der Waals surface area contributed by atoms with E-state index in [2.05, 4.69) is 37.7 Å². The second-order valence-electron chi connectivity index (χ2n) is 6.70. The van der Waals surface area contributed by atoms with Crippen molar-refractivity contribution in [2.75, 3.05) is 36.0 Å². The Labute approximate surface area is 153 Å². The molecular weight excluding hydrogens is 324 g/mol. The van der Waals surface area contributed by atoms with E-state index in [-0.39, 0.29) is 0 Å². The zero-order valence-corrected chi connectivity index (χ0v) is 15.4. The van der Waals surface area contributed by atoms with Gasteiger partial charge in [-0.05, 0) is 25.5 Å². The molecule has 6 heteroatoms. The van der Waals surface area contributed by atoms with Gasteiger partial charge in [-0.1, -0.05) is 25.5 Å². The van der Waals surface area contributed by atoms with E-state index in [9.17, 15) is 0 Å². The first kappa shape index (κ1) is 16.7. The number of hydrogen-bond acceptors (Lipinski definition) is 6. The van der Waals surface area contributed by atoms with Crippen molar-refractivity contribution in [2.24, 2.45) is 0 Å². The van der Waals surface area contributed by atoms with E-state index in [0.29, 0.717) is 0 Å². The van der Waals surface area contributed by atoms with Crippen molar-refractivity contribution in [3.63, 3.8) is 0 Å². The molecule has 0 N–H and O–H groups in total. The second-order valence-corrected chi connectivity index (χ2v) is 6.70. The normalized spacial score (nSPS) is 14.8. The number of para-hydroxylation sites is 1. The van der Waals surface area contributed by atoms with Crippen molar-refractivity contribution < 1.29 is 0 Å². The Morgan fingerprint density at radius 1 is 0.923 bits per heavy atom. The first-order valence-corrected chi connectivity index (χ1v) is 9.28. The molecule has 3 aromatic rings. The van der Waals surface area contributed by atoms with E-state index in [0.717, 1.165) is 67.4 Å². The minimum absolute atomic E-state index is 0.837. The van der Waals surface area contributed by atoms with Crippen LogP contribution in [0.5, 0.6) is 0 Å². The van der Waals surface area contributed by atoms with Crippen LogP contribution in [0.1, 0.15) is 24.7 Å². The first-order valence-electron chi connectivity index (χ1n) is 9.28. The highest BCUT2D eigenvalue weighted by atomic mass is 15.3. The number of rotatable bonds is 4. The molecule has 0 bridgehead atoms. The Morgan fingerprint density at radius 2 is 1.65 bits per heavy atom. The number of benzene rings is 1. The number of aromatic nitrogens is 4. The smallest absolute Gasteiger partial charge is 0.140 e. The number of hydrogen-bond donors (Lipinski definition) is 0. The Balaban J connectivity index is 1.55. The molecule has 1 fully saturated rings. The summed E-state index contributed by atoms with van der Waals surface area (Å²) in [5, 5.41) is 1.12. The van der Waals surface area contributed by atoms with Crippen LogP contribution in [-0.2, 0) is 6.42 Å². The number of anilines is 2. The van der Waals surface area contributed by atoms with Gasteiger partial charge in [0.05, 0.1) is 5.52 Å². The van der Waals surface area contributed by atoms with Crippen LogP contribution in [0, 0.1) is 6.92 Å². The van der Waals surface area contributed by atoms with Gasteiger partial charge in [-0.25, -0.2) is 19.9 Å².